The van der Waals surface area contributed by atoms with Crippen molar-refractivity contribution in [1.29, 1.82) is 0 Å². The van der Waals surface area contributed by atoms with Crippen molar-refractivity contribution in [3.05, 3.63) is 108 Å². The van der Waals surface area contributed by atoms with E-state index in [1.54, 1.807) is 19.5 Å². The van der Waals surface area contributed by atoms with Crippen molar-refractivity contribution < 1.29 is 9.53 Å². The fourth-order valence-electron chi connectivity index (χ4n) is 4.68. The SMILES string of the molecule is COc1ccccc1NC(=O)CCN1C(=S)N[C@@H](c2ccccn2)[C@@H]1c1cccn1Cc1cccnc1. The molecule has 0 bridgehead atoms. The van der Waals surface area contributed by atoms with Crippen LogP contribution in [0.2, 0.25) is 0 Å². The molecular formula is C28H28N6O2S. The Kier molecular flexibility index (Phi) is 7.41. The van der Waals surface area contributed by atoms with Crippen LogP contribution in [0, 0.1) is 0 Å². The van der Waals surface area contributed by atoms with Crippen LogP contribution in [0.25, 0.3) is 0 Å². The van der Waals surface area contributed by atoms with Crippen molar-refractivity contribution >= 4 is 28.9 Å². The molecule has 0 unspecified atom stereocenters. The van der Waals surface area contributed by atoms with Gasteiger partial charge in [0.15, 0.2) is 5.11 Å². The minimum Gasteiger partial charge on any atom is -0.495 e. The third kappa shape index (κ3) is 5.46. The molecule has 3 aromatic heterocycles. The molecule has 188 valence electrons. The molecule has 4 aromatic rings. The molecule has 0 radical (unpaired) electrons. The molecule has 0 aliphatic carbocycles. The van der Waals surface area contributed by atoms with Crippen molar-refractivity contribution in [1.82, 2.24) is 24.8 Å². The van der Waals surface area contributed by atoms with Gasteiger partial charge in [-0.3, -0.25) is 14.8 Å². The van der Waals surface area contributed by atoms with Crippen LogP contribution in [-0.2, 0) is 11.3 Å². The van der Waals surface area contributed by atoms with Gasteiger partial charge in [0, 0.05) is 50.0 Å². The molecule has 1 aliphatic heterocycles. The van der Waals surface area contributed by atoms with Gasteiger partial charge in [-0.05, 0) is 60.2 Å². The van der Waals surface area contributed by atoms with Gasteiger partial charge in [-0.2, -0.15) is 0 Å². The molecule has 1 amide bonds. The lowest BCUT2D eigenvalue weighted by atomic mass is 10.0. The number of nitrogens with one attached hydrogen (secondary N) is 2. The first-order valence-electron chi connectivity index (χ1n) is 12.1. The Balaban J connectivity index is 1.40. The number of carbonyl (C=O) groups excluding carboxylic acids is 1. The van der Waals surface area contributed by atoms with Gasteiger partial charge in [0.05, 0.1) is 30.6 Å². The molecule has 1 saturated heterocycles. The predicted molar refractivity (Wildman–Crippen MR) is 146 cm³/mol. The molecular weight excluding hydrogens is 484 g/mol. The van der Waals surface area contributed by atoms with Crippen LogP contribution in [-0.4, -0.2) is 44.1 Å². The first-order chi connectivity index (χ1) is 18.1. The first-order valence-corrected chi connectivity index (χ1v) is 12.5. The second-order valence-corrected chi connectivity index (χ2v) is 9.13. The Morgan fingerprint density at radius 1 is 1.08 bits per heavy atom. The molecule has 4 heterocycles. The maximum atomic E-state index is 12.9. The second kappa shape index (κ2) is 11.2. The van der Waals surface area contributed by atoms with Gasteiger partial charge < -0.3 is 24.8 Å². The summed E-state index contributed by atoms with van der Waals surface area (Å²) < 4.78 is 7.57. The van der Waals surface area contributed by atoms with E-state index in [1.807, 2.05) is 60.8 Å². The first kappa shape index (κ1) is 24.5. The molecule has 2 atom stereocenters. The Morgan fingerprint density at radius 2 is 1.95 bits per heavy atom. The molecule has 9 heteroatoms. The number of rotatable bonds is 9. The van der Waals surface area contributed by atoms with E-state index in [2.05, 4.69) is 48.4 Å². The quantitative estimate of drug-likeness (QED) is 0.323. The van der Waals surface area contributed by atoms with E-state index in [1.165, 1.54) is 0 Å². The van der Waals surface area contributed by atoms with Crippen LogP contribution in [0.15, 0.2) is 91.5 Å². The van der Waals surface area contributed by atoms with E-state index >= 15 is 0 Å². The maximum absolute atomic E-state index is 12.9. The number of nitrogens with zero attached hydrogens (tertiary/aromatic N) is 4. The summed E-state index contributed by atoms with van der Waals surface area (Å²) in [4.78, 5) is 23.9. The number of amides is 1. The number of aromatic nitrogens is 3. The average Bonchev–Trinajstić information content (AvgIpc) is 3.52. The summed E-state index contributed by atoms with van der Waals surface area (Å²) in [6.45, 7) is 1.12. The number of pyridine rings is 2. The van der Waals surface area contributed by atoms with E-state index in [0.717, 1.165) is 17.0 Å². The van der Waals surface area contributed by atoms with Crippen molar-refractivity contribution in [2.24, 2.45) is 0 Å². The summed E-state index contributed by atoms with van der Waals surface area (Å²) in [6.07, 6.45) is 7.75. The molecule has 0 spiro atoms. The Morgan fingerprint density at radius 3 is 2.73 bits per heavy atom. The van der Waals surface area contributed by atoms with Crippen molar-refractivity contribution in [3.8, 4) is 5.75 Å². The minimum absolute atomic E-state index is 0.113. The van der Waals surface area contributed by atoms with Crippen molar-refractivity contribution in [2.45, 2.75) is 25.0 Å². The number of thiocarbonyl (C=S) groups is 1. The van der Waals surface area contributed by atoms with Crippen LogP contribution in [0.1, 0.15) is 35.5 Å². The number of benzene rings is 1. The summed E-state index contributed by atoms with van der Waals surface area (Å²) in [7, 11) is 1.59. The second-order valence-electron chi connectivity index (χ2n) is 8.74. The third-order valence-electron chi connectivity index (χ3n) is 6.40. The zero-order valence-corrected chi connectivity index (χ0v) is 21.3. The zero-order chi connectivity index (χ0) is 25.6. The zero-order valence-electron chi connectivity index (χ0n) is 20.4. The van der Waals surface area contributed by atoms with E-state index in [9.17, 15) is 4.79 Å². The third-order valence-corrected chi connectivity index (χ3v) is 6.75. The van der Waals surface area contributed by atoms with Crippen LogP contribution in [0.4, 0.5) is 5.69 Å². The topological polar surface area (TPSA) is 84.3 Å². The number of methoxy groups -OCH3 is 1. The molecule has 5 rings (SSSR count). The van der Waals surface area contributed by atoms with Crippen molar-refractivity contribution in [2.75, 3.05) is 19.0 Å². The molecule has 1 aliphatic rings. The lowest BCUT2D eigenvalue weighted by molar-refractivity contribution is -0.116. The maximum Gasteiger partial charge on any atom is 0.226 e. The molecule has 2 N–H and O–H groups in total. The fraction of sp³-hybridized carbons (Fsp3) is 0.214. The number of ether oxygens (including phenoxy) is 1. The number of hydrogen-bond donors (Lipinski definition) is 2. The summed E-state index contributed by atoms with van der Waals surface area (Å²) in [5.41, 5.74) is 3.72. The standard InChI is InChI=1S/C28H28N6O2S/c1-36-24-12-3-2-9-21(24)31-25(35)13-17-34-27(26(32-28(34)37)22-10-4-5-15-30-22)23-11-7-16-33(23)19-20-8-6-14-29-18-20/h2-12,14-16,18,26-27H,13,17,19H2,1H3,(H,31,35)(H,32,37)/t26-,27-/m0/s1. The predicted octanol–water partition coefficient (Wildman–Crippen LogP) is 4.34. The number of carbonyl (C=O) groups is 1. The highest BCUT2D eigenvalue weighted by molar-refractivity contribution is 7.80. The van der Waals surface area contributed by atoms with Crippen LogP contribution in [0.3, 0.4) is 0 Å². The highest BCUT2D eigenvalue weighted by Gasteiger charge is 2.41. The number of para-hydroxylation sites is 2. The molecule has 8 nitrogen and oxygen atoms in total. The summed E-state index contributed by atoms with van der Waals surface area (Å²) in [5.74, 6) is 0.508. The van der Waals surface area contributed by atoms with E-state index in [-0.39, 0.29) is 24.4 Å². The molecule has 1 fully saturated rings. The normalized spacial score (nSPS) is 16.9. The summed E-state index contributed by atoms with van der Waals surface area (Å²) in [6, 6.07) is 21.1. The minimum atomic E-state index is -0.159. The lowest BCUT2D eigenvalue weighted by Crippen LogP contribution is -2.33. The van der Waals surface area contributed by atoms with E-state index in [4.69, 9.17) is 17.0 Å². The summed E-state index contributed by atoms with van der Waals surface area (Å²) in [5, 5.41) is 7.01. The van der Waals surface area contributed by atoms with E-state index < -0.39 is 0 Å². The number of anilines is 1. The monoisotopic (exact) mass is 512 g/mol. The largest absolute Gasteiger partial charge is 0.495 e. The molecule has 0 saturated carbocycles. The molecule has 37 heavy (non-hydrogen) atoms. The van der Waals surface area contributed by atoms with Gasteiger partial charge in [-0.1, -0.05) is 24.3 Å². The van der Waals surface area contributed by atoms with Crippen LogP contribution < -0.4 is 15.4 Å². The van der Waals surface area contributed by atoms with Gasteiger partial charge in [-0.15, -0.1) is 0 Å². The van der Waals surface area contributed by atoms with Gasteiger partial charge in [0.2, 0.25) is 5.91 Å². The van der Waals surface area contributed by atoms with Gasteiger partial charge in [0.25, 0.3) is 0 Å². The van der Waals surface area contributed by atoms with Crippen LogP contribution >= 0.6 is 12.2 Å². The Hall–Kier alpha value is -4.24. The van der Waals surface area contributed by atoms with Crippen molar-refractivity contribution in [3.63, 3.8) is 0 Å². The smallest absolute Gasteiger partial charge is 0.226 e. The molecule has 1 aromatic carbocycles. The Labute approximate surface area is 221 Å². The lowest BCUT2D eigenvalue weighted by Gasteiger charge is -2.29. The number of hydrogen-bond acceptors (Lipinski definition) is 5. The average molecular weight is 513 g/mol. The van der Waals surface area contributed by atoms with Gasteiger partial charge in [0.1, 0.15) is 5.75 Å². The van der Waals surface area contributed by atoms with Gasteiger partial charge in [-0.25, -0.2) is 0 Å². The highest BCUT2D eigenvalue weighted by atomic mass is 32.1. The van der Waals surface area contributed by atoms with Gasteiger partial charge >= 0.3 is 0 Å². The van der Waals surface area contributed by atoms with Crippen LogP contribution in [0.5, 0.6) is 5.75 Å². The fourth-order valence-corrected chi connectivity index (χ4v) is 5.01. The Bertz CT molecular complexity index is 1360. The highest BCUT2D eigenvalue weighted by Crippen LogP contribution is 2.39. The summed E-state index contributed by atoms with van der Waals surface area (Å²) >= 11 is 5.78. The van der Waals surface area contributed by atoms with E-state index in [0.29, 0.717) is 29.6 Å².